The lowest BCUT2D eigenvalue weighted by Crippen LogP contribution is -2.30. The van der Waals surface area contributed by atoms with Crippen molar-refractivity contribution in [1.29, 1.82) is 0 Å². The minimum absolute atomic E-state index is 0.515. The van der Waals surface area contributed by atoms with Gasteiger partial charge in [0.1, 0.15) is 12.4 Å². The predicted octanol–water partition coefficient (Wildman–Crippen LogP) is 4.74. The van der Waals surface area contributed by atoms with Gasteiger partial charge in [-0.2, -0.15) is 0 Å². The van der Waals surface area contributed by atoms with E-state index >= 15 is 0 Å². The van der Waals surface area contributed by atoms with Crippen LogP contribution >= 0.6 is 0 Å². The first kappa shape index (κ1) is 16.9. The Bertz CT molecular complexity index is 842. The van der Waals surface area contributed by atoms with Crippen LogP contribution in [0.25, 0.3) is 0 Å². The Morgan fingerprint density at radius 1 is 0.846 bits per heavy atom. The third-order valence-electron chi connectivity index (χ3n) is 5.38. The highest BCUT2D eigenvalue weighted by molar-refractivity contribution is 5.39. The lowest BCUT2D eigenvalue weighted by molar-refractivity contribution is 0.306. The van der Waals surface area contributed by atoms with Gasteiger partial charge in [0.05, 0.1) is 0 Å². The Kier molecular flexibility index (Phi) is 5.03. The van der Waals surface area contributed by atoms with Crippen molar-refractivity contribution in [1.82, 2.24) is 5.32 Å². The number of ether oxygens (including phenoxy) is 1. The number of nitrogens with one attached hydrogen (secondary N) is 1. The Labute approximate surface area is 155 Å². The van der Waals surface area contributed by atoms with Crippen LogP contribution in [0.1, 0.15) is 28.2 Å². The second kappa shape index (κ2) is 7.76. The second-order valence-corrected chi connectivity index (χ2v) is 7.03. The quantitative estimate of drug-likeness (QED) is 0.698. The van der Waals surface area contributed by atoms with Crippen LogP contribution in [0.4, 0.5) is 0 Å². The van der Waals surface area contributed by atoms with E-state index in [1.165, 1.54) is 22.3 Å². The van der Waals surface area contributed by atoms with E-state index in [4.69, 9.17) is 4.74 Å². The minimum atomic E-state index is 0.515. The van der Waals surface area contributed by atoms with Gasteiger partial charge in [-0.25, -0.2) is 0 Å². The summed E-state index contributed by atoms with van der Waals surface area (Å²) in [7, 11) is 2.07. The van der Waals surface area contributed by atoms with Gasteiger partial charge in [0.25, 0.3) is 0 Å². The van der Waals surface area contributed by atoms with Crippen molar-refractivity contribution in [3.63, 3.8) is 0 Å². The van der Waals surface area contributed by atoms with Gasteiger partial charge < -0.3 is 10.1 Å². The maximum atomic E-state index is 5.90. The summed E-state index contributed by atoms with van der Waals surface area (Å²) in [4.78, 5) is 0. The first-order valence-electron chi connectivity index (χ1n) is 9.34. The highest BCUT2D eigenvalue weighted by atomic mass is 16.5. The molecule has 0 unspecified atom stereocenters. The summed E-state index contributed by atoms with van der Waals surface area (Å²) in [6.45, 7) is 0.609. The molecule has 3 aromatic carbocycles. The molecule has 3 aromatic rings. The van der Waals surface area contributed by atoms with Crippen molar-refractivity contribution in [2.24, 2.45) is 0 Å². The molecule has 0 spiro atoms. The molecule has 0 aromatic heterocycles. The van der Waals surface area contributed by atoms with E-state index in [1.807, 2.05) is 18.2 Å². The fourth-order valence-electron chi connectivity index (χ4n) is 3.95. The van der Waals surface area contributed by atoms with Gasteiger partial charge in [-0.3, -0.25) is 0 Å². The van der Waals surface area contributed by atoms with E-state index in [0.717, 1.165) is 18.6 Å². The Balaban J connectivity index is 1.42. The molecule has 26 heavy (non-hydrogen) atoms. The average molecular weight is 343 g/mol. The smallest absolute Gasteiger partial charge is 0.119 e. The van der Waals surface area contributed by atoms with Crippen LogP contribution in [0.3, 0.4) is 0 Å². The van der Waals surface area contributed by atoms with Crippen molar-refractivity contribution in [2.75, 3.05) is 7.05 Å². The number of benzene rings is 3. The van der Waals surface area contributed by atoms with Crippen LogP contribution in [0.5, 0.6) is 5.75 Å². The molecular formula is C24H25NO. The molecular weight excluding hydrogens is 318 g/mol. The van der Waals surface area contributed by atoms with Crippen molar-refractivity contribution in [3.8, 4) is 5.75 Å². The molecule has 0 saturated heterocycles. The summed E-state index contributed by atoms with van der Waals surface area (Å²) in [6.07, 6.45) is 2.18. The fourth-order valence-corrected chi connectivity index (χ4v) is 3.95. The normalized spacial score (nSPS) is 18.5. The zero-order valence-corrected chi connectivity index (χ0v) is 15.2. The molecule has 2 nitrogen and oxygen atoms in total. The van der Waals surface area contributed by atoms with Crippen LogP contribution in [0.2, 0.25) is 0 Å². The van der Waals surface area contributed by atoms with Crippen LogP contribution in [-0.2, 0) is 19.4 Å². The SMILES string of the molecule is CN[C@H]1Cc2ccccc2[C@H]1Cc1ccc(OCc2ccccc2)cc1. The van der Waals surface area contributed by atoms with Crippen LogP contribution in [0.15, 0.2) is 78.9 Å². The topological polar surface area (TPSA) is 21.3 Å². The maximum absolute atomic E-state index is 5.90. The lowest BCUT2D eigenvalue weighted by atomic mass is 9.91. The molecule has 1 aliphatic carbocycles. The zero-order valence-electron chi connectivity index (χ0n) is 15.2. The highest BCUT2D eigenvalue weighted by Crippen LogP contribution is 2.35. The van der Waals surface area contributed by atoms with Gasteiger partial charge in [-0.15, -0.1) is 0 Å². The largest absolute Gasteiger partial charge is 0.489 e. The number of hydrogen-bond donors (Lipinski definition) is 1. The van der Waals surface area contributed by atoms with Crippen LogP contribution in [-0.4, -0.2) is 13.1 Å². The molecule has 0 fully saturated rings. The molecule has 0 aliphatic heterocycles. The van der Waals surface area contributed by atoms with Crippen LogP contribution in [0, 0.1) is 0 Å². The lowest BCUT2D eigenvalue weighted by Gasteiger charge is -2.20. The average Bonchev–Trinajstić information content (AvgIpc) is 3.06. The fraction of sp³-hybridized carbons (Fsp3) is 0.250. The third-order valence-corrected chi connectivity index (χ3v) is 5.38. The number of fused-ring (bicyclic) bond motifs is 1. The van der Waals surface area contributed by atoms with E-state index < -0.39 is 0 Å². The molecule has 0 heterocycles. The van der Waals surface area contributed by atoms with E-state index in [-0.39, 0.29) is 0 Å². The molecule has 132 valence electrons. The van der Waals surface area contributed by atoms with E-state index in [0.29, 0.717) is 18.6 Å². The first-order chi connectivity index (χ1) is 12.8. The molecule has 2 heteroatoms. The Hall–Kier alpha value is -2.58. The van der Waals surface area contributed by atoms with Crippen molar-refractivity contribution in [2.45, 2.75) is 31.4 Å². The van der Waals surface area contributed by atoms with Gasteiger partial charge in [-0.05, 0) is 54.3 Å². The molecule has 2 atom stereocenters. The maximum Gasteiger partial charge on any atom is 0.119 e. The highest BCUT2D eigenvalue weighted by Gasteiger charge is 2.30. The number of likely N-dealkylation sites (N-methyl/N-ethyl adjacent to an activating group) is 1. The van der Waals surface area contributed by atoms with Crippen molar-refractivity contribution < 1.29 is 4.74 Å². The Morgan fingerprint density at radius 2 is 1.58 bits per heavy atom. The van der Waals surface area contributed by atoms with Crippen LogP contribution < -0.4 is 10.1 Å². The van der Waals surface area contributed by atoms with Gasteiger partial charge in [0.2, 0.25) is 0 Å². The third kappa shape index (κ3) is 3.66. The first-order valence-corrected chi connectivity index (χ1v) is 9.34. The summed E-state index contributed by atoms with van der Waals surface area (Å²) < 4.78 is 5.90. The minimum Gasteiger partial charge on any atom is -0.489 e. The van der Waals surface area contributed by atoms with Crippen molar-refractivity contribution in [3.05, 3.63) is 101 Å². The second-order valence-electron chi connectivity index (χ2n) is 7.03. The predicted molar refractivity (Wildman–Crippen MR) is 107 cm³/mol. The Morgan fingerprint density at radius 3 is 2.35 bits per heavy atom. The summed E-state index contributed by atoms with van der Waals surface area (Å²) in [5.74, 6) is 1.46. The van der Waals surface area contributed by atoms with E-state index in [2.05, 4.69) is 73.0 Å². The molecule has 0 radical (unpaired) electrons. The molecule has 0 amide bonds. The summed E-state index contributed by atoms with van der Waals surface area (Å²) >= 11 is 0. The van der Waals surface area contributed by atoms with E-state index in [1.54, 1.807) is 0 Å². The molecule has 0 saturated carbocycles. The zero-order chi connectivity index (χ0) is 17.8. The standard InChI is InChI=1S/C24H25NO/c1-25-24-16-20-9-5-6-10-22(20)23(24)15-18-11-13-21(14-12-18)26-17-19-7-3-2-4-8-19/h2-14,23-25H,15-17H2,1H3/t23-,24+/m1/s1. The summed E-state index contributed by atoms with van der Waals surface area (Å²) in [5, 5.41) is 3.51. The van der Waals surface area contributed by atoms with E-state index in [9.17, 15) is 0 Å². The summed E-state index contributed by atoms with van der Waals surface area (Å²) in [5.41, 5.74) is 5.53. The molecule has 0 bridgehead atoms. The van der Waals surface area contributed by atoms with Gasteiger partial charge in [0.15, 0.2) is 0 Å². The van der Waals surface area contributed by atoms with Crippen molar-refractivity contribution >= 4 is 0 Å². The van der Waals surface area contributed by atoms with Gasteiger partial charge in [-0.1, -0.05) is 66.7 Å². The molecule has 1 N–H and O–H groups in total. The summed E-state index contributed by atoms with van der Waals surface area (Å²) in [6, 6.07) is 28.2. The molecule has 4 rings (SSSR count). The number of hydrogen-bond acceptors (Lipinski definition) is 2. The van der Waals surface area contributed by atoms with Gasteiger partial charge in [0, 0.05) is 12.0 Å². The molecule has 1 aliphatic rings. The number of rotatable bonds is 6. The monoisotopic (exact) mass is 343 g/mol. The van der Waals surface area contributed by atoms with Gasteiger partial charge >= 0.3 is 0 Å².